The second kappa shape index (κ2) is 8.95. The zero-order valence-corrected chi connectivity index (χ0v) is 17.2. The molecule has 0 bridgehead atoms. The Morgan fingerprint density at radius 1 is 1.00 bits per heavy atom. The van der Waals surface area contributed by atoms with E-state index in [-0.39, 0.29) is 11.7 Å². The average Bonchev–Trinajstić information content (AvgIpc) is 2.76. The van der Waals surface area contributed by atoms with Crippen molar-refractivity contribution in [1.29, 1.82) is 0 Å². The van der Waals surface area contributed by atoms with Crippen molar-refractivity contribution in [3.8, 4) is 0 Å². The van der Waals surface area contributed by atoms with Crippen LogP contribution >= 0.6 is 0 Å². The number of rotatable bonds is 4. The molecule has 1 atom stereocenters. The summed E-state index contributed by atoms with van der Waals surface area (Å²) in [5.41, 5.74) is 3.70. The number of aryl methyl sites for hydroxylation is 1. The first-order valence-electron chi connectivity index (χ1n) is 10.7. The van der Waals surface area contributed by atoms with Crippen molar-refractivity contribution < 1.29 is 9.18 Å². The van der Waals surface area contributed by atoms with Crippen molar-refractivity contribution in [2.45, 2.75) is 26.3 Å². The fourth-order valence-corrected chi connectivity index (χ4v) is 4.52. The molecule has 1 unspecified atom stereocenters. The molecule has 2 heterocycles. The lowest BCUT2D eigenvalue weighted by Crippen LogP contribution is -2.52. The van der Waals surface area contributed by atoms with E-state index in [1.807, 2.05) is 17.0 Å². The van der Waals surface area contributed by atoms with Crippen LogP contribution in [0.3, 0.4) is 0 Å². The summed E-state index contributed by atoms with van der Waals surface area (Å²) >= 11 is 0. The highest BCUT2D eigenvalue weighted by Gasteiger charge is 2.31. The fourth-order valence-electron chi connectivity index (χ4n) is 4.52. The summed E-state index contributed by atoms with van der Waals surface area (Å²) in [6.07, 6.45) is 2.07. The van der Waals surface area contributed by atoms with Crippen molar-refractivity contribution in [1.82, 2.24) is 9.80 Å². The number of halogens is 1. The van der Waals surface area contributed by atoms with E-state index in [0.29, 0.717) is 5.91 Å². The molecule has 0 spiro atoms. The molecule has 4 nitrogen and oxygen atoms in total. The van der Waals surface area contributed by atoms with Gasteiger partial charge < -0.3 is 9.80 Å². The van der Waals surface area contributed by atoms with Crippen LogP contribution in [0.4, 0.5) is 10.1 Å². The molecule has 2 saturated heterocycles. The lowest BCUT2D eigenvalue weighted by Gasteiger charge is -2.39. The molecule has 154 valence electrons. The Balaban J connectivity index is 1.31. The number of piperidine rings is 1. The minimum absolute atomic E-state index is 0.102. The van der Waals surface area contributed by atoms with Crippen LogP contribution in [0.25, 0.3) is 0 Å². The summed E-state index contributed by atoms with van der Waals surface area (Å²) in [5, 5.41) is 0. The smallest absolute Gasteiger partial charge is 0.227 e. The predicted octanol–water partition coefficient (Wildman–Crippen LogP) is 3.69. The standard InChI is InChI=1S/C24H30FN3O/c1-19-5-2-3-6-20(19)17-26-12-4-7-21(18-26)24(29)28-15-13-27(14-16-28)23-10-8-22(25)9-11-23/h2-3,5-6,8-11,21H,4,7,12-18H2,1H3. The molecule has 2 aliphatic rings. The first-order chi connectivity index (χ1) is 14.1. The molecule has 0 radical (unpaired) electrons. The molecular formula is C24H30FN3O. The summed E-state index contributed by atoms with van der Waals surface area (Å²) in [4.78, 5) is 19.8. The largest absolute Gasteiger partial charge is 0.368 e. The van der Waals surface area contributed by atoms with Gasteiger partial charge in [0.2, 0.25) is 5.91 Å². The third kappa shape index (κ3) is 4.78. The van der Waals surface area contributed by atoms with E-state index in [9.17, 15) is 9.18 Å². The van der Waals surface area contributed by atoms with Gasteiger partial charge >= 0.3 is 0 Å². The zero-order chi connectivity index (χ0) is 20.2. The molecule has 1 amide bonds. The van der Waals surface area contributed by atoms with Crippen molar-refractivity contribution in [2.24, 2.45) is 5.92 Å². The third-order valence-electron chi connectivity index (χ3n) is 6.29. The van der Waals surface area contributed by atoms with E-state index < -0.39 is 0 Å². The van der Waals surface area contributed by atoms with Gasteiger partial charge in [-0.2, -0.15) is 0 Å². The number of nitrogens with zero attached hydrogens (tertiary/aromatic N) is 3. The van der Waals surface area contributed by atoms with E-state index in [1.54, 1.807) is 0 Å². The second-order valence-electron chi connectivity index (χ2n) is 8.29. The maximum absolute atomic E-state index is 13.1. The number of amides is 1. The van der Waals surface area contributed by atoms with E-state index >= 15 is 0 Å². The minimum Gasteiger partial charge on any atom is -0.368 e. The molecule has 0 aromatic heterocycles. The lowest BCUT2D eigenvalue weighted by atomic mass is 9.95. The Labute approximate surface area is 172 Å². The van der Waals surface area contributed by atoms with E-state index in [0.717, 1.165) is 64.3 Å². The zero-order valence-electron chi connectivity index (χ0n) is 17.2. The van der Waals surface area contributed by atoms with Gasteiger partial charge in [0, 0.05) is 45.0 Å². The van der Waals surface area contributed by atoms with E-state index in [1.165, 1.54) is 23.3 Å². The van der Waals surface area contributed by atoms with Gasteiger partial charge in [-0.15, -0.1) is 0 Å². The number of carbonyl (C=O) groups excluding carboxylic acids is 1. The van der Waals surface area contributed by atoms with Crippen LogP contribution in [0.2, 0.25) is 0 Å². The van der Waals surface area contributed by atoms with E-state index in [4.69, 9.17) is 0 Å². The summed E-state index contributed by atoms with van der Waals surface area (Å²) < 4.78 is 13.1. The molecule has 2 fully saturated rings. The lowest BCUT2D eigenvalue weighted by molar-refractivity contribution is -0.137. The van der Waals surface area contributed by atoms with Crippen LogP contribution in [-0.2, 0) is 11.3 Å². The Kier molecular flexibility index (Phi) is 6.14. The summed E-state index contributed by atoms with van der Waals surface area (Å²) in [6.45, 7) is 8.09. The summed E-state index contributed by atoms with van der Waals surface area (Å²) in [7, 11) is 0. The maximum atomic E-state index is 13.1. The van der Waals surface area contributed by atoms with Gasteiger partial charge in [0.25, 0.3) is 0 Å². The third-order valence-corrected chi connectivity index (χ3v) is 6.29. The van der Waals surface area contributed by atoms with Crippen molar-refractivity contribution in [3.05, 3.63) is 65.5 Å². The van der Waals surface area contributed by atoms with Gasteiger partial charge in [-0.25, -0.2) is 4.39 Å². The summed E-state index contributed by atoms with van der Waals surface area (Å²) in [6, 6.07) is 15.1. The Hall–Kier alpha value is -2.40. The quantitative estimate of drug-likeness (QED) is 0.790. The molecule has 0 N–H and O–H groups in total. The van der Waals surface area contributed by atoms with Crippen molar-refractivity contribution >= 4 is 11.6 Å². The number of likely N-dealkylation sites (tertiary alicyclic amines) is 1. The molecule has 29 heavy (non-hydrogen) atoms. The van der Waals surface area contributed by atoms with Crippen LogP contribution in [0, 0.1) is 18.7 Å². The Morgan fingerprint density at radius 2 is 1.72 bits per heavy atom. The number of benzene rings is 2. The van der Waals surface area contributed by atoms with E-state index in [2.05, 4.69) is 41.0 Å². The minimum atomic E-state index is -0.213. The first-order valence-corrected chi connectivity index (χ1v) is 10.7. The van der Waals surface area contributed by atoms with Crippen LogP contribution in [0.1, 0.15) is 24.0 Å². The van der Waals surface area contributed by atoms with Crippen LogP contribution in [0.15, 0.2) is 48.5 Å². The molecular weight excluding hydrogens is 365 g/mol. The highest BCUT2D eigenvalue weighted by Crippen LogP contribution is 2.23. The fraction of sp³-hybridized carbons (Fsp3) is 0.458. The van der Waals surface area contributed by atoms with Gasteiger partial charge in [-0.3, -0.25) is 9.69 Å². The van der Waals surface area contributed by atoms with Crippen molar-refractivity contribution in [3.63, 3.8) is 0 Å². The Bertz CT molecular complexity index is 830. The van der Waals surface area contributed by atoms with Crippen LogP contribution in [0.5, 0.6) is 0 Å². The normalized spacial score (nSPS) is 20.7. The number of hydrogen-bond acceptors (Lipinski definition) is 3. The predicted molar refractivity (Wildman–Crippen MR) is 114 cm³/mol. The molecule has 4 rings (SSSR count). The number of hydrogen-bond donors (Lipinski definition) is 0. The molecule has 2 aromatic rings. The van der Waals surface area contributed by atoms with Gasteiger partial charge in [0.15, 0.2) is 0 Å². The van der Waals surface area contributed by atoms with Crippen LogP contribution < -0.4 is 4.90 Å². The second-order valence-corrected chi connectivity index (χ2v) is 8.29. The SMILES string of the molecule is Cc1ccccc1CN1CCCC(C(=O)N2CCN(c3ccc(F)cc3)CC2)C1. The molecule has 2 aliphatic heterocycles. The topological polar surface area (TPSA) is 26.8 Å². The first kappa shape index (κ1) is 19.9. The van der Waals surface area contributed by atoms with Crippen LogP contribution in [-0.4, -0.2) is 55.0 Å². The number of anilines is 1. The molecule has 0 saturated carbocycles. The average molecular weight is 396 g/mol. The van der Waals surface area contributed by atoms with Gasteiger partial charge in [0.05, 0.1) is 5.92 Å². The van der Waals surface area contributed by atoms with Gasteiger partial charge in [0.1, 0.15) is 5.82 Å². The molecule has 5 heteroatoms. The number of carbonyl (C=O) groups is 1. The molecule has 0 aliphatic carbocycles. The van der Waals surface area contributed by atoms with Gasteiger partial charge in [-0.1, -0.05) is 24.3 Å². The van der Waals surface area contributed by atoms with Crippen molar-refractivity contribution in [2.75, 3.05) is 44.2 Å². The summed E-state index contributed by atoms with van der Waals surface area (Å²) in [5.74, 6) is 0.193. The number of piperazine rings is 1. The monoisotopic (exact) mass is 395 g/mol. The Morgan fingerprint density at radius 3 is 2.45 bits per heavy atom. The van der Waals surface area contributed by atoms with Gasteiger partial charge in [-0.05, 0) is 61.7 Å². The highest BCUT2D eigenvalue weighted by molar-refractivity contribution is 5.79. The highest BCUT2D eigenvalue weighted by atomic mass is 19.1. The molecule has 2 aromatic carbocycles. The maximum Gasteiger partial charge on any atom is 0.227 e.